The van der Waals surface area contributed by atoms with Gasteiger partial charge in [-0.1, -0.05) is 0 Å². The number of aromatic nitrogens is 4. The number of alkyl halides is 3. The number of fused-ring (bicyclic) bond motifs is 1. The second-order valence-corrected chi connectivity index (χ2v) is 7.68. The van der Waals surface area contributed by atoms with Crippen molar-refractivity contribution in [3.8, 4) is 0 Å². The quantitative estimate of drug-likeness (QED) is 0.520. The number of carboxylic acids is 1. The van der Waals surface area contributed by atoms with Crippen LogP contribution in [0.2, 0.25) is 0 Å². The summed E-state index contributed by atoms with van der Waals surface area (Å²) in [5, 5.41) is 14.3. The van der Waals surface area contributed by atoms with Crippen LogP contribution in [0.5, 0.6) is 0 Å². The zero-order valence-corrected chi connectivity index (χ0v) is 18.1. The van der Waals surface area contributed by atoms with Crippen molar-refractivity contribution >= 4 is 17.4 Å². The Balaban J connectivity index is 0.000000406. The number of hydrogen-bond donors (Lipinski definition) is 3. The van der Waals surface area contributed by atoms with Crippen LogP contribution in [0.1, 0.15) is 41.7 Å². The maximum atomic E-state index is 12.6. The molecule has 0 saturated carbocycles. The summed E-state index contributed by atoms with van der Waals surface area (Å²) in [4.78, 5) is 42.6. The third-order valence-corrected chi connectivity index (χ3v) is 5.53. The van der Waals surface area contributed by atoms with E-state index in [9.17, 15) is 22.8 Å². The molecule has 4 heterocycles. The van der Waals surface area contributed by atoms with Crippen LogP contribution in [-0.2, 0) is 4.79 Å². The van der Waals surface area contributed by atoms with Gasteiger partial charge in [0, 0.05) is 50.0 Å². The molecule has 3 aromatic rings. The van der Waals surface area contributed by atoms with Crippen molar-refractivity contribution in [2.45, 2.75) is 38.0 Å². The number of carboxylic acid groups (broad SMARTS) is 1. The number of carbonyl (C=O) groups is 2. The molecule has 3 N–H and O–H groups in total. The normalized spacial score (nSPS) is 15.9. The van der Waals surface area contributed by atoms with Gasteiger partial charge in [0.2, 0.25) is 0 Å². The van der Waals surface area contributed by atoms with Gasteiger partial charge in [0.05, 0.1) is 11.8 Å². The minimum absolute atomic E-state index is 0.0936. The molecule has 1 aliphatic rings. The number of likely N-dealkylation sites (tertiary alicyclic amines) is 1. The number of amides is 1. The fraction of sp³-hybridized carbons (Fsp3) is 0.381. The highest BCUT2D eigenvalue weighted by molar-refractivity contribution is 6.00. The van der Waals surface area contributed by atoms with E-state index in [1.54, 1.807) is 6.20 Å². The smallest absolute Gasteiger partial charge is 0.475 e. The van der Waals surface area contributed by atoms with Gasteiger partial charge in [-0.05, 0) is 37.5 Å². The molecular formula is C21H23F3N6O4. The minimum atomic E-state index is -5.08. The van der Waals surface area contributed by atoms with Gasteiger partial charge in [-0.3, -0.25) is 19.5 Å². The fourth-order valence-electron chi connectivity index (χ4n) is 3.67. The molecule has 182 valence electrons. The van der Waals surface area contributed by atoms with Gasteiger partial charge in [-0.2, -0.15) is 18.3 Å². The number of piperidine rings is 1. The molecule has 0 spiro atoms. The Morgan fingerprint density at radius 3 is 2.44 bits per heavy atom. The highest BCUT2D eigenvalue weighted by atomic mass is 19.4. The molecule has 1 aliphatic heterocycles. The summed E-state index contributed by atoms with van der Waals surface area (Å²) in [6, 6.07) is 4.50. The summed E-state index contributed by atoms with van der Waals surface area (Å²) in [6.07, 6.45) is 4.86. The molecule has 1 atom stereocenters. The first kappa shape index (κ1) is 24.9. The number of hydrogen-bond acceptors (Lipinski definition) is 6. The third-order valence-electron chi connectivity index (χ3n) is 5.53. The molecular weight excluding hydrogens is 457 g/mol. The molecule has 0 aromatic carbocycles. The van der Waals surface area contributed by atoms with Gasteiger partial charge in [0.25, 0.3) is 11.5 Å². The van der Waals surface area contributed by atoms with Crippen molar-refractivity contribution in [3.05, 3.63) is 64.6 Å². The Labute approximate surface area is 191 Å². The predicted octanol–water partition coefficient (Wildman–Crippen LogP) is 2.01. The van der Waals surface area contributed by atoms with Crippen molar-refractivity contribution < 1.29 is 27.9 Å². The van der Waals surface area contributed by atoms with Gasteiger partial charge in [-0.15, -0.1) is 0 Å². The van der Waals surface area contributed by atoms with Crippen LogP contribution in [0.4, 0.5) is 13.2 Å². The molecule has 1 fully saturated rings. The average molecular weight is 480 g/mol. The van der Waals surface area contributed by atoms with Crippen LogP contribution in [0.15, 0.2) is 47.9 Å². The lowest BCUT2D eigenvalue weighted by molar-refractivity contribution is -0.192. The summed E-state index contributed by atoms with van der Waals surface area (Å²) in [7, 11) is 0. The molecule has 1 amide bonds. The number of nitrogens with zero attached hydrogens (tertiary/aromatic N) is 4. The van der Waals surface area contributed by atoms with Gasteiger partial charge in [0.15, 0.2) is 0 Å². The first-order valence-electron chi connectivity index (χ1n) is 10.4. The summed E-state index contributed by atoms with van der Waals surface area (Å²) in [6.45, 7) is 4.01. The highest BCUT2D eigenvalue weighted by Crippen LogP contribution is 2.24. The lowest BCUT2D eigenvalue weighted by Crippen LogP contribution is -2.45. The number of aliphatic carboxylic acids is 1. The van der Waals surface area contributed by atoms with E-state index in [1.807, 2.05) is 24.5 Å². The SMILES string of the molecule is CC(c1ccncc1)N1CCC(NC(=O)c2cnn3cc[nH]c(=O)c23)CC1.O=C(O)C(F)(F)F. The average Bonchev–Trinajstić information content (AvgIpc) is 3.25. The van der Waals surface area contributed by atoms with Crippen LogP contribution >= 0.6 is 0 Å². The molecule has 0 radical (unpaired) electrons. The van der Waals surface area contributed by atoms with Gasteiger partial charge >= 0.3 is 12.1 Å². The summed E-state index contributed by atoms with van der Waals surface area (Å²) < 4.78 is 33.2. The van der Waals surface area contributed by atoms with E-state index in [2.05, 4.69) is 32.2 Å². The topological polar surface area (TPSA) is 133 Å². The molecule has 34 heavy (non-hydrogen) atoms. The largest absolute Gasteiger partial charge is 0.490 e. The maximum absolute atomic E-state index is 12.6. The molecule has 0 aliphatic carbocycles. The minimum Gasteiger partial charge on any atom is -0.475 e. The first-order chi connectivity index (χ1) is 16.1. The van der Waals surface area contributed by atoms with Gasteiger partial charge < -0.3 is 15.4 Å². The lowest BCUT2D eigenvalue weighted by Gasteiger charge is -2.36. The third kappa shape index (κ3) is 5.98. The number of nitrogens with one attached hydrogen (secondary N) is 2. The fourth-order valence-corrected chi connectivity index (χ4v) is 3.67. The monoisotopic (exact) mass is 480 g/mol. The molecule has 0 bridgehead atoms. The second kappa shape index (κ2) is 10.5. The summed E-state index contributed by atoms with van der Waals surface area (Å²) in [5.41, 5.74) is 1.52. The Morgan fingerprint density at radius 1 is 1.24 bits per heavy atom. The van der Waals surface area contributed by atoms with Crippen LogP contribution in [0, 0.1) is 0 Å². The van der Waals surface area contributed by atoms with Crippen molar-refractivity contribution in [3.63, 3.8) is 0 Å². The molecule has 13 heteroatoms. The maximum Gasteiger partial charge on any atom is 0.490 e. The number of halogens is 3. The summed E-state index contributed by atoms with van der Waals surface area (Å²) >= 11 is 0. The number of rotatable bonds is 4. The highest BCUT2D eigenvalue weighted by Gasteiger charge is 2.38. The van der Waals surface area contributed by atoms with E-state index in [-0.39, 0.29) is 23.0 Å². The lowest BCUT2D eigenvalue weighted by atomic mass is 10.0. The summed E-state index contributed by atoms with van der Waals surface area (Å²) in [5.74, 6) is -3.00. The van der Waals surface area contributed by atoms with Crippen molar-refractivity contribution in [2.24, 2.45) is 0 Å². The Morgan fingerprint density at radius 2 is 1.85 bits per heavy atom. The zero-order valence-electron chi connectivity index (χ0n) is 18.1. The first-order valence-corrected chi connectivity index (χ1v) is 10.4. The van der Waals surface area contributed by atoms with Crippen LogP contribution in [0.3, 0.4) is 0 Å². The molecule has 1 unspecified atom stereocenters. The number of aromatic amines is 1. The van der Waals surface area contributed by atoms with Crippen LogP contribution in [0.25, 0.3) is 5.52 Å². The van der Waals surface area contributed by atoms with E-state index >= 15 is 0 Å². The standard InChI is InChI=1S/C19H22N6O2.C2HF3O2/c1-13(14-2-6-20-7-3-14)24-9-4-15(5-10-24)23-18(26)16-12-22-25-11-8-21-19(27)17(16)25;3-2(4,5)1(6)7/h2-3,6-8,11-13,15H,4-5,9-10H2,1H3,(H,21,27)(H,23,26);(H,6,7). The zero-order chi connectivity index (χ0) is 24.9. The van der Waals surface area contributed by atoms with Crippen molar-refractivity contribution in [1.29, 1.82) is 0 Å². The molecule has 3 aromatic heterocycles. The Kier molecular flexibility index (Phi) is 7.66. The Hall–Kier alpha value is -3.74. The second-order valence-electron chi connectivity index (χ2n) is 7.68. The van der Waals surface area contributed by atoms with E-state index in [4.69, 9.17) is 9.90 Å². The van der Waals surface area contributed by atoms with Gasteiger partial charge in [0.1, 0.15) is 5.52 Å². The Bertz CT molecular complexity index is 1190. The molecule has 10 nitrogen and oxygen atoms in total. The van der Waals surface area contributed by atoms with E-state index in [0.717, 1.165) is 25.9 Å². The van der Waals surface area contributed by atoms with E-state index in [1.165, 1.54) is 22.5 Å². The number of pyridine rings is 1. The van der Waals surface area contributed by atoms with Crippen LogP contribution in [-0.4, -0.2) is 66.8 Å². The predicted molar refractivity (Wildman–Crippen MR) is 114 cm³/mol. The molecule has 1 saturated heterocycles. The van der Waals surface area contributed by atoms with Crippen molar-refractivity contribution in [2.75, 3.05) is 13.1 Å². The number of carbonyl (C=O) groups excluding carboxylic acids is 1. The molecule has 4 rings (SSSR count). The van der Waals surface area contributed by atoms with Gasteiger partial charge in [-0.25, -0.2) is 9.31 Å². The van der Waals surface area contributed by atoms with Crippen molar-refractivity contribution in [1.82, 2.24) is 29.8 Å². The van der Waals surface area contributed by atoms with Crippen LogP contribution < -0.4 is 10.9 Å². The number of H-pyrrole nitrogens is 1. The van der Waals surface area contributed by atoms with E-state index in [0.29, 0.717) is 11.6 Å². The van der Waals surface area contributed by atoms with E-state index < -0.39 is 12.1 Å².